The number of aliphatic hydroxyl groups is 2. The number of carbonyl (C=O) groups is 3. The van der Waals surface area contributed by atoms with Crippen molar-refractivity contribution in [2.45, 2.75) is 6.04 Å². The third kappa shape index (κ3) is 7.37. The summed E-state index contributed by atoms with van der Waals surface area (Å²) in [5, 5.41) is 26.2. The van der Waals surface area contributed by atoms with Gasteiger partial charge in [0, 0.05) is 24.0 Å². The molecule has 12 heteroatoms. The van der Waals surface area contributed by atoms with Gasteiger partial charge in [-0.2, -0.15) is 0 Å². The van der Waals surface area contributed by atoms with E-state index in [-0.39, 0.29) is 16.4 Å². The molecule has 0 aliphatic carbocycles. The van der Waals surface area contributed by atoms with E-state index in [9.17, 15) is 18.8 Å². The molecule has 0 saturated heterocycles. The van der Waals surface area contributed by atoms with Crippen LogP contribution in [0.1, 0.15) is 31.3 Å². The average Bonchev–Trinajstić information content (AvgIpc) is 3.34. The molecular weight excluding hydrogens is 469 g/mol. The second-order valence-electron chi connectivity index (χ2n) is 6.73. The number of anilines is 2. The summed E-state index contributed by atoms with van der Waals surface area (Å²) in [4.78, 5) is 41.0. The van der Waals surface area contributed by atoms with Gasteiger partial charge in [0.05, 0.1) is 30.6 Å². The Bertz CT molecular complexity index is 1120. The number of amides is 2. The highest BCUT2D eigenvalue weighted by molar-refractivity contribution is 6.32. The highest BCUT2D eigenvalue weighted by Crippen LogP contribution is 2.15. The summed E-state index contributed by atoms with van der Waals surface area (Å²) >= 11 is 5.46. The Morgan fingerprint density at radius 3 is 2.32 bits per heavy atom. The molecule has 0 aliphatic rings. The molecule has 0 radical (unpaired) electrons. The van der Waals surface area contributed by atoms with Crippen molar-refractivity contribution in [1.82, 2.24) is 15.3 Å². The molecule has 10 nitrogen and oxygen atoms in total. The maximum atomic E-state index is 12.3. The van der Waals surface area contributed by atoms with Crippen LogP contribution in [-0.4, -0.2) is 64.6 Å². The molecule has 3 aromatic rings. The van der Waals surface area contributed by atoms with E-state index in [0.717, 1.165) is 11.8 Å². The van der Waals surface area contributed by atoms with E-state index in [2.05, 4.69) is 25.9 Å². The van der Waals surface area contributed by atoms with E-state index in [1.165, 1.54) is 18.5 Å². The lowest BCUT2D eigenvalue weighted by Crippen LogP contribution is -2.40. The molecule has 1 heterocycles. The van der Waals surface area contributed by atoms with Gasteiger partial charge in [0.15, 0.2) is 12.0 Å². The molecule has 2 aromatic carbocycles. The molecule has 0 aliphatic heterocycles. The first kappa shape index (κ1) is 26.5. The minimum Gasteiger partial charge on any atom is -0.394 e. The van der Waals surface area contributed by atoms with Crippen molar-refractivity contribution in [2.24, 2.45) is 0 Å². The van der Waals surface area contributed by atoms with Crippen LogP contribution in [0, 0.1) is 5.82 Å². The van der Waals surface area contributed by atoms with Crippen LogP contribution < -0.4 is 16.0 Å². The zero-order chi connectivity index (χ0) is 25.1. The van der Waals surface area contributed by atoms with Gasteiger partial charge in [-0.1, -0.05) is 11.6 Å². The number of nitrogens with one attached hydrogen (secondary N) is 4. The van der Waals surface area contributed by atoms with Gasteiger partial charge < -0.3 is 31.1 Å². The average molecular weight is 492 g/mol. The highest BCUT2D eigenvalue weighted by Gasteiger charge is 2.22. The third-order valence-electron chi connectivity index (χ3n) is 4.38. The molecule has 0 fully saturated rings. The monoisotopic (exact) mass is 491 g/mol. The normalized spacial score (nSPS) is 10.2. The summed E-state index contributed by atoms with van der Waals surface area (Å²) in [6.07, 6.45) is 1.81. The van der Waals surface area contributed by atoms with Gasteiger partial charge in [-0.25, -0.2) is 9.37 Å². The molecule has 34 heavy (non-hydrogen) atoms. The lowest BCUT2D eigenvalue weighted by atomic mass is 10.2. The van der Waals surface area contributed by atoms with Crippen LogP contribution in [0.15, 0.2) is 48.8 Å². The largest absolute Gasteiger partial charge is 0.394 e. The summed E-state index contributed by atoms with van der Waals surface area (Å²) in [6.45, 7) is -0.842. The molecule has 0 bridgehead atoms. The van der Waals surface area contributed by atoms with Crippen molar-refractivity contribution < 1.29 is 29.0 Å². The zero-order valence-electron chi connectivity index (χ0n) is 18.0. The Balaban J connectivity index is 0.000000340. The Morgan fingerprint density at radius 1 is 1.12 bits per heavy atom. The molecular formula is C22H23ClFN5O5. The third-order valence-corrected chi connectivity index (χ3v) is 4.71. The van der Waals surface area contributed by atoms with Gasteiger partial charge in [0.1, 0.15) is 11.5 Å². The number of hydrogen-bond acceptors (Lipinski definition) is 7. The number of carbonyl (C=O) groups excluding carboxylic acids is 3. The lowest BCUT2D eigenvalue weighted by Gasteiger charge is -2.13. The second kappa shape index (κ2) is 13.0. The van der Waals surface area contributed by atoms with Crippen LogP contribution in [0.25, 0.3) is 0 Å². The molecule has 1 aromatic heterocycles. The van der Waals surface area contributed by atoms with Crippen LogP contribution in [-0.2, 0) is 0 Å². The molecule has 180 valence electrons. The molecule has 6 N–H and O–H groups in total. The second-order valence-corrected chi connectivity index (χ2v) is 7.13. The first-order valence-electron chi connectivity index (χ1n) is 9.88. The highest BCUT2D eigenvalue weighted by atomic mass is 35.5. The predicted molar refractivity (Wildman–Crippen MR) is 125 cm³/mol. The number of nitrogens with zero attached hydrogens (tertiary/aromatic N) is 1. The van der Waals surface area contributed by atoms with E-state index in [0.29, 0.717) is 17.5 Å². The van der Waals surface area contributed by atoms with Gasteiger partial charge in [-0.15, -0.1) is 0 Å². The van der Waals surface area contributed by atoms with E-state index < -0.39 is 36.9 Å². The summed E-state index contributed by atoms with van der Waals surface area (Å²) < 4.78 is 12.3. The summed E-state index contributed by atoms with van der Waals surface area (Å²) in [5.41, 5.74) is 1.62. The van der Waals surface area contributed by atoms with Gasteiger partial charge >= 0.3 is 0 Å². The Hall–Kier alpha value is -3.80. The van der Waals surface area contributed by atoms with Gasteiger partial charge in [0.2, 0.25) is 0 Å². The Labute approximate surface area is 199 Å². The number of hydrogen-bond donors (Lipinski definition) is 6. The fourth-order valence-corrected chi connectivity index (χ4v) is 2.77. The van der Waals surface area contributed by atoms with Crippen LogP contribution in [0.3, 0.4) is 0 Å². The first-order valence-corrected chi connectivity index (χ1v) is 10.3. The summed E-state index contributed by atoms with van der Waals surface area (Å²) in [7, 11) is 1.79. The minimum atomic E-state index is -0.814. The number of benzene rings is 2. The Morgan fingerprint density at radius 2 is 1.76 bits per heavy atom. The van der Waals surface area contributed by atoms with Crippen molar-refractivity contribution in [1.29, 1.82) is 0 Å². The Kier molecular flexibility index (Phi) is 10.1. The fraction of sp³-hybridized carbons (Fsp3) is 0.182. The minimum absolute atomic E-state index is 0.0498. The van der Waals surface area contributed by atoms with Crippen LogP contribution in [0.4, 0.5) is 15.8 Å². The molecule has 0 spiro atoms. The van der Waals surface area contributed by atoms with Crippen molar-refractivity contribution in [3.05, 3.63) is 76.6 Å². The van der Waals surface area contributed by atoms with Crippen molar-refractivity contribution in [2.75, 3.05) is 30.9 Å². The number of aromatic nitrogens is 2. The van der Waals surface area contributed by atoms with Gasteiger partial charge in [-0.3, -0.25) is 14.4 Å². The number of aromatic amines is 1. The van der Waals surface area contributed by atoms with E-state index >= 15 is 0 Å². The number of aliphatic hydroxyl groups excluding tert-OH is 2. The SMILES string of the molecule is CNc1ccc(NC(=O)c2nc[nH]c2C(=O)NC(CO)CO)cc1.O=Cc1ccc(F)cc1Cl. The van der Waals surface area contributed by atoms with Crippen LogP contribution >= 0.6 is 11.6 Å². The summed E-state index contributed by atoms with van der Waals surface area (Å²) in [6, 6.07) is 9.83. The van der Waals surface area contributed by atoms with E-state index in [4.69, 9.17) is 21.8 Å². The van der Waals surface area contributed by atoms with Gasteiger partial charge in [-0.05, 0) is 42.5 Å². The zero-order valence-corrected chi connectivity index (χ0v) is 18.8. The van der Waals surface area contributed by atoms with Crippen LogP contribution in [0.5, 0.6) is 0 Å². The summed E-state index contributed by atoms with van der Waals surface area (Å²) in [5.74, 6) is -1.63. The predicted octanol–water partition coefficient (Wildman–Crippen LogP) is 2.08. The van der Waals surface area contributed by atoms with E-state index in [1.807, 2.05) is 0 Å². The first-order chi connectivity index (χ1) is 16.3. The van der Waals surface area contributed by atoms with E-state index in [1.54, 1.807) is 31.3 Å². The molecule has 3 rings (SSSR count). The molecule has 0 atom stereocenters. The van der Waals surface area contributed by atoms with Crippen molar-refractivity contribution in [3.63, 3.8) is 0 Å². The van der Waals surface area contributed by atoms with Gasteiger partial charge in [0.25, 0.3) is 11.8 Å². The quantitative estimate of drug-likeness (QED) is 0.263. The molecule has 0 saturated carbocycles. The topological polar surface area (TPSA) is 156 Å². The number of H-pyrrole nitrogens is 1. The lowest BCUT2D eigenvalue weighted by molar-refractivity contribution is 0.0868. The van der Waals surface area contributed by atoms with Crippen molar-refractivity contribution >= 4 is 41.1 Å². The maximum absolute atomic E-state index is 12.3. The number of imidazole rings is 1. The van der Waals surface area contributed by atoms with Crippen molar-refractivity contribution in [3.8, 4) is 0 Å². The fourth-order valence-electron chi connectivity index (χ4n) is 2.55. The standard InChI is InChI=1S/C15H19N5O4.C7H4ClFO/c1-16-9-2-4-10(5-3-9)19-14(23)12-13(18-8-17-12)15(24)20-11(6-21)7-22;8-7-3-6(9)2-1-5(7)4-10/h2-5,8,11,16,21-22H,6-7H2,1H3,(H,17,18)(H,19,23)(H,20,24);1-4H. The number of halogens is 2. The number of aldehydes is 1. The molecule has 2 amide bonds. The number of rotatable bonds is 8. The smallest absolute Gasteiger partial charge is 0.276 e. The maximum Gasteiger partial charge on any atom is 0.276 e. The van der Waals surface area contributed by atoms with Crippen LogP contribution in [0.2, 0.25) is 5.02 Å². The molecule has 0 unspecified atom stereocenters.